The second kappa shape index (κ2) is 5.79. The molecule has 0 spiro atoms. The van der Waals surface area contributed by atoms with Gasteiger partial charge in [0.25, 0.3) is 5.56 Å². The summed E-state index contributed by atoms with van der Waals surface area (Å²) in [7, 11) is 0. The third kappa shape index (κ3) is 2.69. The van der Waals surface area contributed by atoms with Crippen LogP contribution in [0.15, 0.2) is 15.1 Å². The molecule has 1 heterocycles. The van der Waals surface area contributed by atoms with Gasteiger partial charge in [-0.3, -0.25) is 4.79 Å². The van der Waals surface area contributed by atoms with Gasteiger partial charge in [-0.15, -0.1) is 10.2 Å². The number of aromatic nitrogens is 3. The van der Waals surface area contributed by atoms with Crippen molar-refractivity contribution in [1.29, 1.82) is 0 Å². The highest BCUT2D eigenvalue weighted by atomic mass is 32.2. The van der Waals surface area contributed by atoms with Gasteiger partial charge in [-0.1, -0.05) is 32.5 Å². The van der Waals surface area contributed by atoms with Crippen LogP contribution in [0.5, 0.6) is 0 Å². The molecule has 0 atom stereocenters. The van der Waals surface area contributed by atoms with Crippen LogP contribution in [0.2, 0.25) is 0 Å². The minimum absolute atomic E-state index is 0.0546. The third-order valence-electron chi connectivity index (χ3n) is 1.95. The Morgan fingerprint density at radius 2 is 2.19 bits per heavy atom. The van der Waals surface area contributed by atoms with Crippen molar-refractivity contribution in [3.05, 3.63) is 16.0 Å². The molecule has 0 aliphatic carbocycles. The Bertz CT molecular complexity index is 439. The van der Waals surface area contributed by atoms with E-state index in [1.165, 1.54) is 16.4 Å². The third-order valence-corrected chi connectivity index (χ3v) is 2.56. The van der Waals surface area contributed by atoms with Crippen LogP contribution < -0.4 is 5.56 Å². The summed E-state index contributed by atoms with van der Waals surface area (Å²) in [6.07, 6.45) is 4.31. The van der Waals surface area contributed by atoms with Crippen molar-refractivity contribution in [3.8, 4) is 0 Å². The molecule has 1 rings (SSSR count). The first-order chi connectivity index (χ1) is 7.61. The maximum atomic E-state index is 12.0. The normalized spacial score (nSPS) is 11.6. The van der Waals surface area contributed by atoms with Gasteiger partial charge in [-0.25, -0.2) is 0 Å². The Labute approximate surface area is 99.0 Å². The minimum Gasteiger partial charge on any atom is -0.265 e. The van der Waals surface area contributed by atoms with Gasteiger partial charge in [0.2, 0.25) is 5.16 Å². The fraction of sp³-hybridized carbons (Fsp3) is 0.600. The zero-order valence-corrected chi connectivity index (χ0v) is 10.8. The van der Waals surface area contributed by atoms with Gasteiger partial charge < -0.3 is 0 Å². The van der Waals surface area contributed by atoms with E-state index in [-0.39, 0.29) is 11.5 Å². The molecule has 0 unspecified atom stereocenters. The molecule has 6 heteroatoms. The topological polar surface area (TPSA) is 60.1 Å². The molecular weight excluding hydrogens is 224 g/mol. The van der Waals surface area contributed by atoms with Crippen molar-refractivity contribution < 1.29 is 0 Å². The van der Waals surface area contributed by atoms with Gasteiger partial charge in [0.15, 0.2) is 0 Å². The van der Waals surface area contributed by atoms with E-state index < -0.39 is 0 Å². The fourth-order valence-corrected chi connectivity index (χ4v) is 1.56. The Kier molecular flexibility index (Phi) is 4.67. The van der Waals surface area contributed by atoms with E-state index in [0.717, 1.165) is 6.42 Å². The molecule has 0 aromatic carbocycles. The Hall–Kier alpha value is -1.17. The average Bonchev–Trinajstić information content (AvgIpc) is 2.26. The van der Waals surface area contributed by atoms with E-state index >= 15 is 0 Å². The van der Waals surface area contributed by atoms with E-state index in [2.05, 4.69) is 15.3 Å². The van der Waals surface area contributed by atoms with Gasteiger partial charge in [0.1, 0.15) is 5.69 Å². The number of hydrogen-bond donors (Lipinski definition) is 0. The minimum atomic E-state index is -0.181. The molecule has 0 amide bonds. The largest absolute Gasteiger partial charge is 0.297 e. The van der Waals surface area contributed by atoms with Crippen LogP contribution in [0.1, 0.15) is 38.8 Å². The monoisotopic (exact) mass is 240 g/mol. The highest BCUT2D eigenvalue weighted by molar-refractivity contribution is 7.98. The van der Waals surface area contributed by atoms with Crippen molar-refractivity contribution in [3.63, 3.8) is 0 Å². The molecule has 1 aromatic rings. The maximum absolute atomic E-state index is 12.0. The smallest absolute Gasteiger partial charge is 0.265 e. The lowest BCUT2D eigenvalue weighted by atomic mass is 10.1. The quantitative estimate of drug-likeness (QED) is 0.594. The van der Waals surface area contributed by atoms with Crippen molar-refractivity contribution >= 4 is 18.0 Å². The van der Waals surface area contributed by atoms with Gasteiger partial charge in [-0.05, 0) is 12.7 Å². The average molecular weight is 240 g/mol. The van der Waals surface area contributed by atoms with Crippen molar-refractivity contribution in [2.75, 3.05) is 6.26 Å². The summed E-state index contributed by atoms with van der Waals surface area (Å²) in [4.78, 5) is 12.0. The number of nitrogens with zero attached hydrogens (tertiary/aromatic N) is 4. The van der Waals surface area contributed by atoms with Crippen LogP contribution in [-0.4, -0.2) is 27.3 Å². The lowest BCUT2D eigenvalue weighted by Crippen LogP contribution is -2.26. The molecule has 0 aliphatic rings. The second-order valence-electron chi connectivity index (χ2n) is 3.55. The molecule has 0 bridgehead atoms. The van der Waals surface area contributed by atoms with Crippen LogP contribution >= 0.6 is 11.8 Å². The summed E-state index contributed by atoms with van der Waals surface area (Å²) in [5, 5.41) is 12.5. The van der Waals surface area contributed by atoms with Gasteiger partial charge in [0, 0.05) is 12.1 Å². The first kappa shape index (κ1) is 12.9. The SMILES string of the molecule is CCC=Nn1c(SC)nnc(C(C)C)c1=O. The summed E-state index contributed by atoms with van der Waals surface area (Å²) < 4.78 is 1.32. The fourth-order valence-electron chi connectivity index (χ4n) is 1.13. The van der Waals surface area contributed by atoms with E-state index in [9.17, 15) is 4.79 Å². The van der Waals surface area contributed by atoms with E-state index in [0.29, 0.717) is 10.9 Å². The Balaban J connectivity index is 3.35. The summed E-state index contributed by atoms with van der Waals surface area (Å²) in [5.41, 5.74) is 0.269. The van der Waals surface area contributed by atoms with Crippen LogP contribution in [0, 0.1) is 0 Å². The van der Waals surface area contributed by atoms with Crippen LogP contribution in [-0.2, 0) is 0 Å². The molecule has 0 saturated carbocycles. The molecule has 0 saturated heterocycles. The maximum Gasteiger partial charge on any atom is 0.297 e. The first-order valence-corrected chi connectivity index (χ1v) is 6.40. The van der Waals surface area contributed by atoms with Crippen LogP contribution in [0.4, 0.5) is 0 Å². The van der Waals surface area contributed by atoms with Gasteiger partial charge in [-0.2, -0.15) is 9.78 Å². The first-order valence-electron chi connectivity index (χ1n) is 5.18. The van der Waals surface area contributed by atoms with E-state index in [1.54, 1.807) is 6.21 Å². The molecular formula is C10H16N4OS. The summed E-state index contributed by atoms with van der Waals surface area (Å²) in [6.45, 7) is 5.79. The number of hydrogen-bond acceptors (Lipinski definition) is 5. The number of thioether (sulfide) groups is 1. The highest BCUT2D eigenvalue weighted by Gasteiger charge is 2.13. The zero-order chi connectivity index (χ0) is 12.1. The van der Waals surface area contributed by atoms with E-state index in [4.69, 9.17) is 0 Å². The molecule has 0 N–H and O–H groups in total. The molecule has 1 aromatic heterocycles. The van der Waals surface area contributed by atoms with Crippen molar-refractivity contribution in [2.24, 2.45) is 5.10 Å². The van der Waals surface area contributed by atoms with Gasteiger partial charge >= 0.3 is 0 Å². The predicted octanol–water partition coefficient (Wildman–Crippen LogP) is 1.73. The van der Waals surface area contributed by atoms with E-state index in [1.807, 2.05) is 27.0 Å². The molecule has 0 radical (unpaired) electrons. The summed E-state index contributed by atoms with van der Waals surface area (Å²) in [5.74, 6) is 0.0546. The van der Waals surface area contributed by atoms with Crippen LogP contribution in [0.3, 0.4) is 0 Å². The lowest BCUT2D eigenvalue weighted by Gasteiger charge is -2.07. The number of rotatable bonds is 4. The second-order valence-corrected chi connectivity index (χ2v) is 4.32. The van der Waals surface area contributed by atoms with Crippen molar-refractivity contribution in [1.82, 2.24) is 14.9 Å². The zero-order valence-electron chi connectivity index (χ0n) is 9.97. The van der Waals surface area contributed by atoms with Crippen molar-refractivity contribution in [2.45, 2.75) is 38.3 Å². The standard InChI is InChI=1S/C10H16N4OS/c1-5-6-11-14-9(15)8(7(2)3)12-13-10(14)16-4/h6-7H,5H2,1-4H3. The highest BCUT2D eigenvalue weighted by Crippen LogP contribution is 2.11. The molecule has 5 nitrogen and oxygen atoms in total. The van der Waals surface area contributed by atoms with Gasteiger partial charge in [0.05, 0.1) is 0 Å². The molecule has 16 heavy (non-hydrogen) atoms. The van der Waals surface area contributed by atoms with Crippen LogP contribution in [0.25, 0.3) is 0 Å². The summed E-state index contributed by atoms with van der Waals surface area (Å²) >= 11 is 1.36. The Morgan fingerprint density at radius 3 is 2.69 bits per heavy atom. The predicted molar refractivity (Wildman–Crippen MR) is 66.3 cm³/mol. The Morgan fingerprint density at radius 1 is 1.50 bits per heavy atom. The molecule has 88 valence electrons. The summed E-state index contributed by atoms with van der Waals surface area (Å²) in [6, 6.07) is 0. The molecule has 0 aliphatic heterocycles. The lowest BCUT2D eigenvalue weighted by molar-refractivity contribution is 0.604. The molecule has 0 fully saturated rings.